The highest BCUT2D eigenvalue weighted by molar-refractivity contribution is 9.10. The maximum absolute atomic E-state index is 5.40. The summed E-state index contributed by atoms with van der Waals surface area (Å²) < 4.78 is 6.54. The Morgan fingerprint density at radius 1 is 1.33 bits per heavy atom. The summed E-state index contributed by atoms with van der Waals surface area (Å²) in [4.78, 5) is 2.51. The minimum Gasteiger partial charge on any atom is -0.496 e. The second-order valence-electron chi connectivity index (χ2n) is 4.75. The Hall–Kier alpha value is -0.580. The molecule has 0 amide bonds. The number of halogens is 1. The van der Waals surface area contributed by atoms with Gasteiger partial charge in [0.1, 0.15) is 5.75 Å². The van der Waals surface area contributed by atoms with E-state index in [4.69, 9.17) is 4.74 Å². The molecule has 2 rings (SSSR count). The third-order valence-electron chi connectivity index (χ3n) is 3.50. The molecule has 1 aromatic rings. The van der Waals surface area contributed by atoms with Crippen molar-refractivity contribution in [3.8, 4) is 5.75 Å². The average Bonchev–Trinajstić information content (AvgIpc) is 2.41. The number of hydrogen-bond acceptors (Lipinski definition) is 3. The van der Waals surface area contributed by atoms with E-state index in [1.165, 1.54) is 11.1 Å². The third-order valence-corrected chi connectivity index (χ3v) is 4.33. The highest BCUT2D eigenvalue weighted by atomic mass is 79.9. The highest BCUT2D eigenvalue weighted by Gasteiger charge is 2.10. The number of methoxy groups -OCH3 is 1. The lowest BCUT2D eigenvalue weighted by Crippen LogP contribution is -2.44. The van der Waals surface area contributed by atoms with Gasteiger partial charge in [-0.3, -0.25) is 0 Å². The molecule has 0 atom stereocenters. The van der Waals surface area contributed by atoms with E-state index >= 15 is 0 Å². The first-order chi connectivity index (χ1) is 8.70. The third kappa shape index (κ3) is 3.46. The largest absolute Gasteiger partial charge is 0.496 e. The minimum absolute atomic E-state index is 0.972. The van der Waals surface area contributed by atoms with Gasteiger partial charge in [-0.15, -0.1) is 0 Å². The van der Waals surface area contributed by atoms with Crippen LogP contribution in [0.15, 0.2) is 16.6 Å². The molecule has 4 heteroatoms. The summed E-state index contributed by atoms with van der Waals surface area (Å²) in [5.74, 6) is 0.972. The summed E-state index contributed by atoms with van der Waals surface area (Å²) in [6.45, 7) is 7.74. The predicted octanol–water partition coefficient (Wildman–Crippen LogP) is 2.21. The Kier molecular flexibility index (Phi) is 5.03. The molecule has 1 N–H and O–H groups in total. The summed E-state index contributed by atoms with van der Waals surface area (Å²) in [7, 11) is 1.73. The monoisotopic (exact) mass is 312 g/mol. The first kappa shape index (κ1) is 13.8. The van der Waals surface area contributed by atoms with Crippen molar-refractivity contribution in [1.29, 1.82) is 0 Å². The summed E-state index contributed by atoms with van der Waals surface area (Å²) in [5.41, 5.74) is 2.51. The van der Waals surface area contributed by atoms with Crippen molar-refractivity contribution in [2.45, 2.75) is 13.3 Å². The Bertz CT molecular complexity index is 403. The van der Waals surface area contributed by atoms with Crippen molar-refractivity contribution < 1.29 is 4.74 Å². The SMILES string of the molecule is COc1cc(CCN2CCNCC2)cc(Br)c1C. The van der Waals surface area contributed by atoms with Crippen LogP contribution in [0.1, 0.15) is 11.1 Å². The van der Waals surface area contributed by atoms with E-state index in [9.17, 15) is 0 Å². The first-order valence-corrected chi connectivity index (χ1v) is 7.26. The molecule has 1 saturated heterocycles. The van der Waals surface area contributed by atoms with Crippen LogP contribution in [0.4, 0.5) is 0 Å². The van der Waals surface area contributed by atoms with Crippen molar-refractivity contribution in [1.82, 2.24) is 10.2 Å². The van der Waals surface area contributed by atoms with Gasteiger partial charge in [0.25, 0.3) is 0 Å². The lowest BCUT2D eigenvalue weighted by molar-refractivity contribution is 0.244. The fraction of sp³-hybridized carbons (Fsp3) is 0.571. The average molecular weight is 313 g/mol. The van der Waals surface area contributed by atoms with Crippen LogP contribution in [0, 0.1) is 6.92 Å². The molecule has 100 valence electrons. The topological polar surface area (TPSA) is 24.5 Å². The summed E-state index contributed by atoms with van der Waals surface area (Å²) in [6, 6.07) is 4.36. The molecule has 0 saturated carbocycles. The number of rotatable bonds is 4. The molecular weight excluding hydrogens is 292 g/mol. The van der Waals surface area contributed by atoms with Gasteiger partial charge in [-0.25, -0.2) is 0 Å². The van der Waals surface area contributed by atoms with E-state index < -0.39 is 0 Å². The van der Waals surface area contributed by atoms with Gasteiger partial charge in [-0.1, -0.05) is 15.9 Å². The van der Waals surface area contributed by atoms with Crippen LogP contribution in [-0.2, 0) is 6.42 Å². The van der Waals surface area contributed by atoms with Gasteiger partial charge >= 0.3 is 0 Å². The maximum Gasteiger partial charge on any atom is 0.123 e. The maximum atomic E-state index is 5.40. The fourth-order valence-electron chi connectivity index (χ4n) is 2.29. The number of ether oxygens (including phenoxy) is 1. The molecule has 3 nitrogen and oxygen atoms in total. The zero-order valence-corrected chi connectivity index (χ0v) is 12.7. The number of hydrogen-bond donors (Lipinski definition) is 1. The number of nitrogens with one attached hydrogen (secondary N) is 1. The summed E-state index contributed by atoms with van der Waals surface area (Å²) in [5, 5.41) is 3.38. The van der Waals surface area contributed by atoms with Crippen LogP contribution < -0.4 is 10.1 Å². The van der Waals surface area contributed by atoms with Crippen LogP contribution in [-0.4, -0.2) is 44.7 Å². The van der Waals surface area contributed by atoms with Crippen molar-refractivity contribution in [3.63, 3.8) is 0 Å². The van der Waals surface area contributed by atoms with Gasteiger partial charge < -0.3 is 15.0 Å². The molecular formula is C14H21BrN2O. The summed E-state index contributed by atoms with van der Waals surface area (Å²) >= 11 is 3.60. The molecule has 0 unspecified atom stereocenters. The molecule has 0 aliphatic carbocycles. The van der Waals surface area contributed by atoms with Gasteiger partial charge in [0.2, 0.25) is 0 Å². The van der Waals surface area contributed by atoms with Gasteiger partial charge in [-0.05, 0) is 31.0 Å². The van der Waals surface area contributed by atoms with Crippen molar-refractivity contribution in [3.05, 3.63) is 27.7 Å². The molecule has 0 aromatic heterocycles. The lowest BCUT2D eigenvalue weighted by Gasteiger charge is -2.27. The molecule has 0 spiro atoms. The van der Waals surface area contributed by atoms with E-state index in [0.29, 0.717) is 0 Å². The van der Waals surface area contributed by atoms with Crippen LogP contribution in [0.25, 0.3) is 0 Å². The predicted molar refractivity (Wildman–Crippen MR) is 78.4 cm³/mol. The first-order valence-electron chi connectivity index (χ1n) is 6.47. The van der Waals surface area contributed by atoms with E-state index in [2.05, 4.69) is 45.2 Å². The Morgan fingerprint density at radius 2 is 2.06 bits per heavy atom. The zero-order valence-electron chi connectivity index (χ0n) is 11.1. The Labute approximate surface area is 118 Å². The van der Waals surface area contributed by atoms with Gasteiger partial charge in [-0.2, -0.15) is 0 Å². The van der Waals surface area contributed by atoms with Gasteiger partial charge in [0, 0.05) is 42.8 Å². The van der Waals surface area contributed by atoms with Crippen molar-refractivity contribution >= 4 is 15.9 Å². The van der Waals surface area contributed by atoms with E-state index in [1.807, 2.05) is 0 Å². The smallest absolute Gasteiger partial charge is 0.123 e. The zero-order chi connectivity index (χ0) is 13.0. The number of nitrogens with zero attached hydrogens (tertiary/aromatic N) is 1. The van der Waals surface area contributed by atoms with E-state index in [-0.39, 0.29) is 0 Å². The van der Waals surface area contributed by atoms with E-state index in [1.54, 1.807) is 7.11 Å². The normalized spacial score (nSPS) is 16.8. The molecule has 0 bridgehead atoms. The second kappa shape index (κ2) is 6.55. The van der Waals surface area contributed by atoms with Crippen LogP contribution in [0.2, 0.25) is 0 Å². The Morgan fingerprint density at radius 3 is 2.72 bits per heavy atom. The molecule has 18 heavy (non-hydrogen) atoms. The molecule has 0 radical (unpaired) electrons. The standard InChI is InChI=1S/C14H21BrN2O/c1-11-13(15)9-12(10-14(11)18-2)3-6-17-7-4-16-5-8-17/h9-10,16H,3-8H2,1-2H3. The molecule has 1 heterocycles. The van der Waals surface area contributed by atoms with Crippen LogP contribution >= 0.6 is 15.9 Å². The Balaban J connectivity index is 1.98. The fourth-order valence-corrected chi connectivity index (χ4v) is 2.77. The van der Waals surface area contributed by atoms with Gasteiger partial charge in [0.15, 0.2) is 0 Å². The minimum atomic E-state index is 0.972. The quantitative estimate of drug-likeness (QED) is 0.922. The second-order valence-corrected chi connectivity index (χ2v) is 5.60. The van der Waals surface area contributed by atoms with Crippen LogP contribution in [0.3, 0.4) is 0 Å². The van der Waals surface area contributed by atoms with Crippen molar-refractivity contribution in [2.75, 3.05) is 39.8 Å². The van der Waals surface area contributed by atoms with Gasteiger partial charge in [0.05, 0.1) is 7.11 Å². The molecule has 1 aliphatic rings. The highest BCUT2D eigenvalue weighted by Crippen LogP contribution is 2.28. The molecule has 1 aliphatic heterocycles. The molecule has 1 aromatic carbocycles. The number of piperazine rings is 1. The number of benzene rings is 1. The van der Waals surface area contributed by atoms with Crippen molar-refractivity contribution in [2.24, 2.45) is 0 Å². The lowest BCUT2D eigenvalue weighted by atomic mass is 10.1. The van der Waals surface area contributed by atoms with Crippen LogP contribution in [0.5, 0.6) is 5.75 Å². The molecule has 1 fully saturated rings. The van der Waals surface area contributed by atoms with E-state index in [0.717, 1.165) is 49.4 Å². The summed E-state index contributed by atoms with van der Waals surface area (Å²) in [6.07, 6.45) is 1.08.